The number of anilines is 1. The molecule has 0 radical (unpaired) electrons. The summed E-state index contributed by atoms with van der Waals surface area (Å²) in [5.41, 5.74) is 3.93. The zero-order chi connectivity index (χ0) is 19.0. The van der Waals surface area contributed by atoms with Gasteiger partial charge in [0.2, 0.25) is 0 Å². The van der Waals surface area contributed by atoms with Crippen molar-refractivity contribution in [1.29, 1.82) is 0 Å². The van der Waals surface area contributed by atoms with Crippen LogP contribution in [0.15, 0.2) is 60.8 Å². The van der Waals surface area contributed by atoms with Gasteiger partial charge in [-0.15, -0.1) is 0 Å². The Morgan fingerprint density at radius 2 is 1.85 bits per heavy atom. The second-order valence-electron chi connectivity index (χ2n) is 6.25. The number of rotatable bonds is 4. The number of thiazole rings is 1. The maximum Gasteiger partial charge on any atom is 0.267 e. The largest absolute Gasteiger partial charge is 0.321 e. The number of carbonyl (C=O) groups excluding carboxylic acids is 2. The van der Waals surface area contributed by atoms with Crippen LogP contribution in [0.25, 0.3) is 16.2 Å². The first kappa shape index (κ1) is 17.2. The molecule has 0 aliphatic rings. The van der Waals surface area contributed by atoms with Gasteiger partial charge in [-0.2, -0.15) is 0 Å². The molecule has 2 aromatic carbocycles. The number of fused-ring (bicyclic) bond motifs is 1. The zero-order valence-electron chi connectivity index (χ0n) is 14.9. The van der Waals surface area contributed by atoms with Gasteiger partial charge in [-0.1, -0.05) is 53.8 Å². The minimum atomic E-state index is -0.204. The molecule has 0 saturated carbocycles. The number of amides is 1. The summed E-state index contributed by atoms with van der Waals surface area (Å²) in [6.45, 7) is 3.41. The van der Waals surface area contributed by atoms with Crippen LogP contribution in [0.2, 0.25) is 0 Å². The molecule has 27 heavy (non-hydrogen) atoms. The average Bonchev–Trinajstić information content (AvgIpc) is 3.22. The normalized spacial score (nSPS) is 10.9. The van der Waals surface area contributed by atoms with Gasteiger partial charge in [0.25, 0.3) is 5.91 Å². The molecule has 0 fully saturated rings. The van der Waals surface area contributed by atoms with E-state index in [0.717, 1.165) is 21.9 Å². The Balaban J connectivity index is 1.63. The first-order valence-corrected chi connectivity index (χ1v) is 9.31. The van der Waals surface area contributed by atoms with Crippen molar-refractivity contribution in [3.05, 3.63) is 76.9 Å². The average molecular weight is 375 g/mol. The fourth-order valence-corrected chi connectivity index (χ4v) is 3.92. The third kappa shape index (κ3) is 3.27. The molecule has 0 bridgehead atoms. The van der Waals surface area contributed by atoms with Gasteiger partial charge in [0, 0.05) is 28.7 Å². The van der Waals surface area contributed by atoms with Crippen LogP contribution in [0.1, 0.15) is 32.6 Å². The lowest BCUT2D eigenvalue weighted by Gasteiger charge is -2.05. The molecule has 0 unspecified atom stereocenters. The van der Waals surface area contributed by atoms with E-state index in [1.807, 2.05) is 47.9 Å². The highest BCUT2D eigenvalue weighted by Crippen LogP contribution is 2.27. The lowest BCUT2D eigenvalue weighted by Crippen LogP contribution is -2.12. The molecular weight excluding hydrogens is 358 g/mol. The number of ketones is 1. The summed E-state index contributed by atoms with van der Waals surface area (Å²) in [5, 5.41) is 2.87. The Hall–Kier alpha value is -3.25. The second-order valence-corrected chi connectivity index (χ2v) is 7.23. The van der Waals surface area contributed by atoms with Gasteiger partial charge in [0.05, 0.1) is 5.69 Å². The van der Waals surface area contributed by atoms with Crippen molar-refractivity contribution in [3.63, 3.8) is 0 Å². The van der Waals surface area contributed by atoms with E-state index < -0.39 is 0 Å². The van der Waals surface area contributed by atoms with Crippen LogP contribution in [0, 0.1) is 6.92 Å². The first-order chi connectivity index (χ1) is 13.0. The molecule has 4 aromatic rings. The van der Waals surface area contributed by atoms with E-state index in [4.69, 9.17) is 0 Å². The van der Waals surface area contributed by atoms with E-state index in [9.17, 15) is 9.59 Å². The molecule has 1 amide bonds. The van der Waals surface area contributed by atoms with Gasteiger partial charge >= 0.3 is 0 Å². The van der Waals surface area contributed by atoms with Crippen molar-refractivity contribution >= 4 is 33.7 Å². The van der Waals surface area contributed by atoms with E-state index in [1.54, 1.807) is 24.3 Å². The van der Waals surface area contributed by atoms with Crippen molar-refractivity contribution in [3.8, 4) is 11.3 Å². The van der Waals surface area contributed by atoms with Crippen molar-refractivity contribution in [2.45, 2.75) is 13.8 Å². The minimum Gasteiger partial charge on any atom is -0.321 e. The number of hydrogen-bond acceptors (Lipinski definition) is 4. The molecule has 4 rings (SSSR count). The smallest absolute Gasteiger partial charge is 0.267 e. The Bertz CT molecular complexity index is 1160. The fourth-order valence-electron chi connectivity index (χ4n) is 2.91. The fraction of sp³-hybridized carbons (Fsp3) is 0.0952. The van der Waals surface area contributed by atoms with Crippen LogP contribution in [0.5, 0.6) is 0 Å². The molecule has 5 nitrogen and oxygen atoms in total. The third-order valence-corrected chi connectivity index (χ3v) is 5.52. The molecular formula is C21H17N3O2S. The maximum atomic E-state index is 12.7. The van der Waals surface area contributed by atoms with E-state index >= 15 is 0 Å². The van der Waals surface area contributed by atoms with Gasteiger partial charge in [-0.3, -0.25) is 14.0 Å². The van der Waals surface area contributed by atoms with Crippen LogP contribution < -0.4 is 5.32 Å². The second kappa shape index (κ2) is 6.81. The topological polar surface area (TPSA) is 63.5 Å². The van der Waals surface area contributed by atoms with E-state index in [0.29, 0.717) is 16.1 Å². The van der Waals surface area contributed by atoms with Crippen LogP contribution in [-0.4, -0.2) is 21.1 Å². The van der Waals surface area contributed by atoms with Gasteiger partial charge in [0.1, 0.15) is 4.88 Å². The lowest BCUT2D eigenvalue weighted by atomic mass is 10.1. The molecule has 1 N–H and O–H groups in total. The standard InChI is InChI=1S/C21H17N3O2S/c1-13-19(20(26)22-17-10-6-9-16(11-17)14(2)25)27-21-23-18(12-24(13)21)15-7-4-3-5-8-15/h3-12H,1-2H3,(H,22,26). The molecule has 0 spiro atoms. The van der Waals surface area contributed by atoms with E-state index in [-0.39, 0.29) is 11.7 Å². The SMILES string of the molecule is CC(=O)c1cccc(NC(=O)c2sc3nc(-c4ccccc4)cn3c2C)c1. The van der Waals surface area contributed by atoms with Crippen molar-refractivity contribution < 1.29 is 9.59 Å². The summed E-state index contributed by atoms with van der Waals surface area (Å²) in [6, 6.07) is 16.9. The molecule has 2 aromatic heterocycles. The summed E-state index contributed by atoms with van der Waals surface area (Å²) in [6.07, 6.45) is 1.95. The summed E-state index contributed by atoms with van der Waals surface area (Å²) in [5.74, 6) is -0.240. The minimum absolute atomic E-state index is 0.0367. The number of carbonyl (C=O) groups is 2. The Labute approximate surface area is 160 Å². The summed E-state index contributed by atoms with van der Waals surface area (Å²) in [4.78, 5) is 30.3. The van der Waals surface area contributed by atoms with Gasteiger partial charge in [-0.25, -0.2) is 4.98 Å². The predicted octanol–water partition coefficient (Wildman–Crippen LogP) is 4.83. The van der Waals surface area contributed by atoms with E-state index in [1.165, 1.54) is 18.3 Å². The van der Waals surface area contributed by atoms with Gasteiger partial charge < -0.3 is 5.32 Å². The molecule has 134 valence electrons. The van der Waals surface area contributed by atoms with Crippen molar-refractivity contribution in [2.24, 2.45) is 0 Å². The molecule has 6 heteroatoms. The third-order valence-electron chi connectivity index (χ3n) is 4.36. The summed E-state index contributed by atoms with van der Waals surface area (Å²) < 4.78 is 1.94. The van der Waals surface area contributed by atoms with Crippen LogP contribution >= 0.6 is 11.3 Å². The van der Waals surface area contributed by atoms with Crippen LogP contribution in [-0.2, 0) is 0 Å². The highest BCUT2D eigenvalue weighted by molar-refractivity contribution is 7.19. The van der Waals surface area contributed by atoms with Gasteiger partial charge in [0.15, 0.2) is 10.7 Å². The molecule has 0 aliphatic carbocycles. The summed E-state index contributed by atoms with van der Waals surface area (Å²) in [7, 11) is 0. The quantitative estimate of drug-likeness (QED) is 0.520. The zero-order valence-corrected chi connectivity index (χ0v) is 15.7. The number of aryl methyl sites for hydroxylation is 1. The number of hydrogen-bond donors (Lipinski definition) is 1. The number of nitrogens with zero attached hydrogens (tertiary/aromatic N) is 2. The number of benzene rings is 2. The molecule has 0 atom stereocenters. The first-order valence-electron chi connectivity index (χ1n) is 8.49. The monoisotopic (exact) mass is 375 g/mol. The highest BCUT2D eigenvalue weighted by Gasteiger charge is 2.18. The Morgan fingerprint density at radius 3 is 2.56 bits per heavy atom. The maximum absolute atomic E-state index is 12.7. The highest BCUT2D eigenvalue weighted by atomic mass is 32.1. The Kier molecular flexibility index (Phi) is 4.33. The van der Waals surface area contributed by atoms with Crippen molar-refractivity contribution in [1.82, 2.24) is 9.38 Å². The van der Waals surface area contributed by atoms with E-state index in [2.05, 4.69) is 10.3 Å². The van der Waals surface area contributed by atoms with Crippen LogP contribution in [0.4, 0.5) is 5.69 Å². The molecule has 0 saturated heterocycles. The number of Topliss-reactive ketones (excluding diaryl/α,β-unsaturated/α-hetero) is 1. The predicted molar refractivity (Wildman–Crippen MR) is 108 cm³/mol. The van der Waals surface area contributed by atoms with Crippen molar-refractivity contribution in [2.75, 3.05) is 5.32 Å². The summed E-state index contributed by atoms with van der Waals surface area (Å²) >= 11 is 1.35. The molecule has 0 aliphatic heterocycles. The molecule has 2 heterocycles. The number of imidazole rings is 1. The Morgan fingerprint density at radius 1 is 1.07 bits per heavy atom. The lowest BCUT2D eigenvalue weighted by molar-refractivity contribution is 0.101. The van der Waals surface area contributed by atoms with Crippen LogP contribution in [0.3, 0.4) is 0 Å². The van der Waals surface area contributed by atoms with Gasteiger partial charge in [-0.05, 0) is 26.0 Å². The number of aromatic nitrogens is 2. The number of nitrogens with one attached hydrogen (secondary N) is 1.